The van der Waals surface area contributed by atoms with Gasteiger partial charge in [-0.15, -0.1) is 0 Å². The number of aromatic carboxylic acids is 1. The molecule has 0 atom stereocenters. The van der Waals surface area contributed by atoms with E-state index in [-0.39, 0.29) is 29.0 Å². The lowest BCUT2D eigenvalue weighted by Gasteiger charge is -2.32. The third kappa shape index (κ3) is 5.23. The first-order valence-corrected chi connectivity index (χ1v) is 9.17. The Morgan fingerprint density at radius 2 is 1.90 bits per heavy atom. The first-order valence-electron chi connectivity index (χ1n) is 9.17. The molecule has 1 aliphatic heterocycles. The fraction of sp³-hybridized carbons (Fsp3) is 0.286. The number of piperidine rings is 1. The van der Waals surface area contributed by atoms with Crippen molar-refractivity contribution in [2.24, 2.45) is 0 Å². The zero-order valence-electron chi connectivity index (χ0n) is 15.6. The Hall–Kier alpha value is -3.60. The lowest BCUT2D eigenvalue weighted by Crippen LogP contribution is -2.46. The molecule has 2 amide bonds. The fourth-order valence-electron chi connectivity index (χ4n) is 3.08. The topological polar surface area (TPSA) is 103 Å². The number of nitriles is 1. The molecule has 0 spiro atoms. The smallest absolute Gasteiger partial charge is 0.335 e. The minimum Gasteiger partial charge on any atom is -0.487 e. The fourth-order valence-corrected chi connectivity index (χ4v) is 3.08. The van der Waals surface area contributed by atoms with E-state index in [4.69, 9.17) is 15.1 Å². The highest BCUT2D eigenvalue weighted by molar-refractivity contribution is 5.87. The summed E-state index contributed by atoms with van der Waals surface area (Å²) in [5.74, 6) is -1.46. The average molecular weight is 397 g/mol. The number of carbonyl (C=O) groups excluding carboxylic acids is 1. The number of hydrogen-bond donors (Lipinski definition) is 2. The Morgan fingerprint density at radius 1 is 1.21 bits per heavy atom. The Balaban J connectivity index is 1.45. The van der Waals surface area contributed by atoms with Gasteiger partial charge >= 0.3 is 12.0 Å². The summed E-state index contributed by atoms with van der Waals surface area (Å²) in [5.41, 5.74) is 1.23. The van der Waals surface area contributed by atoms with Crippen LogP contribution in [0.4, 0.5) is 9.18 Å². The Labute approximate surface area is 167 Å². The van der Waals surface area contributed by atoms with Crippen LogP contribution in [0.1, 0.15) is 34.3 Å². The number of likely N-dealkylation sites (tertiary alicyclic amines) is 1. The molecule has 150 valence electrons. The van der Waals surface area contributed by atoms with Crippen LogP contribution < -0.4 is 10.1 Å². The van der Waals surface area contributed by atoms with Crippen molar-refractivity contribution in [3.63, 3.8) is 0 Å². The zero-order valence-corrected chi connectivity index (χ0v) is 15.6. The van der Waals surface area contributed by atoms with Gasteiger partial charge in [0.1, 0.15) is 6.10 Å². The first kappa shape index (κ1) is 20.1. The summed E-state index contributed by atoms with van der Waals surface area (Å²) in [7, 11) is 0. The standard InChI is InChI=1S/C21H20FN3O4/c22-18-11-15(12-23)3-6-19(18)29-17-7-9-25(10-8-17)21(28)24-13-14-1-4-16(5-2-14)20(26)27/h1-6,11,17H,7-10,13H2,(H,24,28)(H,26,27). The SMILES string of the molecule is N#Cc1ccc(OC2CCN(C(=O)NCc3ccc(C(=O)O)cc3)CC2)c(F)c1. The largest absolute Gasteiger partial charge is 0.487 e. The summed E-state index contributed by atoms with van der Waals surface area (Å²) in [5, 5.41) is 20.5. The number of rotatable bonds is 5. The van der Waals surface area contributed by atoms with Gasteiger partial charge in [0.25, 0.3) is 0 Å². The van der Waals surface area contributed by atoms with E-state index < -0.39 is 11.8 Å². The monoisotopic (exact) mass is 397 g/mol. The molecule has 1 saturated heterocycles. The molecule has 0 bridgehead atoms. The van der Waals surface area contributed by atoms with Crippen LogP contribution in [-0.4, -0.2) is 41.2 Å². The predicted molar refractivity (Wildman–Crippen MR) is 102 cm³/mol. The molecule has 1 aliphatic rings. The van der Waals surface area contributed by atoms with Crippen molar-refractivity contribution in [2.75, 3.05) is 13.1 Å². The summed E-state index contributed by atoms with van der Waals surface area (Å²) in [6, 6.07) is 12.1. The highest BCUT2D eigenvalue weighted by Gasteiger charge is 2.24. The summed E-state index contributed by atoms with van der Waals surface area (Å²) in [4.78, 5) is 24.8. The number of carbonyl (C=O) groups is 2. The molecule has 7 nitrogen and oxygen atoms in total. The summed E-state index contributed by atoms with van der Waals surface area (Å²) in [6.45, 7) is 1.25. The molecule has 0 radical (unpaired) electrons. The van der Waals surface area contributed by atoms with Gasteiger partial charge in [-0.1, -0.05) is 12.1 Å². The van der Waals surface area contributed by atoms with Gasteiger partial charge in [-0.05, 0) is 35.9 Å². The van der Waals surface area contributed by atoms with E-state index in [1.54, 1.807) is 17.0 Å². The van der Waals surface area contributed by atoms with E-state index in [1.165, 1.54) is 24.3 Å². The van der Waals surface area contributed by atoms with E-state index >= 15 is 0 Å². The molecule has 3 rings (SSSR count). The number of hydrogen-bond acceptors (Lipinski definition) is 4. The number of halogens is 1. The molecular formula is C21H20FN3O4. The van der Waals surface area contributed by atoms with Gasteiger partial charge in [0, 0.05) is 32.5 Å². The minimum absolute atomic E-state index is 0.108. The van der Waals surface area contributed by atoms with Crippen LogP contribution in [0.25, 0.3) is 0 Å². The summed E-state index contributed by atoms with van der Waals surface area (Å²) >= 11 is 0. The van der Waals surface area contributed by atoms with E-state index in [0.717, 1.165) is 11.6 Å². The summed E-state index contributed by atoms with van der Waals surface area (Å²) in [6.07, 6.45) is 0.936. The van der Waals surface area contributed by atoms with Crippen molar-refractivity contribution in [1.82, 2.24) is 10.2 Å². The van der Waals surface area contributed by atoms with Gasteiger partial charge < -0.3 is 20.1 Å². The van der Waals surface area contributed by atoms with Gasteiger partial charge in [0.2, 0.25) is 0 Å². The molecule has 2 N–H and O–H groups in total. The molecule has 8 heteroatoms. The number of nitrogens with zero attached hydrogens (tertiary/aromatic N) is 2. The molecule has 0 aliphatic carbocycles. The quantitative estimate of drug-likeness (QED) is 0.807. The maximum Gasteiger partial charge on any atom is 0.335 e. The average Bonchev–Trinajstić information content (AvgIpc) is 2.74. The maximum atomic E-state index is 13.9. The number of ether oxygens (including phenoxy) is 1. The number of urea groups is 1. The molecule has 1 heterocycles. The second kappa shape index (κ2) is 9.06. The van der Waals surface area contributed by atoms with Crippen molar-refractivity contribution < 1.29 is 23.8 Å². The van der Waals surface area contributed by atoms with Gasteiger partial charge in [-0.3, -0.25) is 0 Å². The van der Waals surface area contributed by atoms with Gasteiger partial charge in [0.05, 0.1) is 17.2 Å². The minimum atomic E-state index is -0.994. The van der Waals surface area contributed by atoms with Crippen LogP contribution >= 0.6 is 0 Å². The lowest BCUT2D eigenvalue weighted by molar-refractivity contribution is 0.0696. The third-order valence-corrected chi connectivity index (χ3v) is 4.73. The molecule has 2 aromatic rings. The van der Waals surface area contributed by atoms with Crippen molar-refractivity contribution >= 4 is 12.0 Å². The molecule has 1 fully saturated rings. The maximum absolute atomic E-state index is 13.9. The second-order valence-electron chi connectivity index (χ2n) is 6.72. The van der Waals surface area contributed by atoms with E-state index in [2.05, 4.69) is 5.32 Å². The number of amides is 2. The van der Waals surface area contributed by atoms with E-state index in [1.807, 2.05) is 6.07 Å². The van der Waals surface area contributed by atoms with Crippen molar-refractivity contribution in [3.05, 3.63) is 65.0 Å². The van der Waals surface area contributed by atoms with Crippen molar-refractivity contribution in [1.29, 1.82) is 5.26 Å². The summed E-state index contributed by atoms with van der Waals surface area (Å²) < 4.78 is 19.6. The van der Waals surface area contributed by atoms with Crippen LogP contribution in [0.3, 0.4) is 0 Å². The molecule has 29 heavy (non-hydrogen) atoms. The predicted octanol–water partition coefficient (Wildman–Crippen LogP) is 3.15. The zero-order chi connectivity index (χ0) is 20.8. The first-order chi connectivity index (χ1) is 14.0. The highest BCUT2D eigenvalue weighted by atomic mass is 19.1. The molecule has 0 unspecified atom stereocenters. The molecule has 2 aromatic carbocycles. The van der Waals surface area contributed by atoms with Crippen LogP contribution in [0.15, 0.2) is 42.5 Å². The van der Waals surface area contributed by atoms with Crippen LogP contribution in [0.2, 0.25) is 0 Å². The number of nitrogens with one attached hydrogen (secondary N) is 1. The second-order valence-corrected chi connectivity index (χ2v) is 6.72. The van der Waals surface area contributed by atoms with Crippen LogP contribution in [-0.2, 0) is 6.54 Å². The van der Waals surface area contributed by atoms with Crippen molar-refractivity contribution in [2.45, 2.75) is 25.5 Å². The Morgan fingerprint density at radius 3 is 2.48 bits per heavy atom. The third-order valence-electron chi connectivity index (χ3n) is 4.73. The van der Waals surface area contributed by atoms with Gasteiger partial charge in [-0.25, -0.2) is 14.0 Å². The van der Waals surface area contributed by atoms with Crippen LogP contribution in [0, 0.1) is 17.1 Å². The Bertz CT molecular complexity index is 932. The number of carboxylic acid groups (broad SMARTS) is 1. The lowest BCUT2D eigenvalue weighted by atomic mass is 10.1. The van der Waals surface area contributed by atoms with E-state index in [0.29, 0.717) is 32.5 Å². The van der Waals surface area contributed by atoms with Gasteiger partial charge in [0.15, 0.2) is 11.6 Å². The normalized spacial score (nSPS) is 14.1. The molecule has 0 aromatic heterocycles. The highest BCUT2D eigenvalue weighted by Crippen LogP contribution is 2.23. The number of benzene rings is 2. The number of carboxylic acids is 1. The van der Waals surface area contributed by atoms with Gasteiger partial charge in [-0.2, -0.15) is 5.26 Å². The molecular weight excluding hydrogens is 377 g/mol. The van der Waals surface area contributed by atoms with Crippen LogP contribution in [0.5, 0.6) is 5.75 Å². The molecule has 0 saturated carbocycles. The van der Waals surface area contributed by atoms with Crippen molar-refractivity contribution in [3.8, 4) is 11.8 Å². The van der Waals surface area contributed by atoms with E-state index in [9.17, 15) is 14.0 Å². The Kier molecular flexibility index (Phi) is 6.29.